The largest absolute Gasteiger partial charge is 0.506 e. The normalized spacial score (nSPS) is 18.4. The summed E-state index contributed by atoms with van der Waals surface area (Å²) in [7, 11) is 0. The van der Waals surface area contributed by atoms with Crippen LogP contribution in [0.5, 0.6) is 5.75 Å². The third-order valence-electron chi connectivity index (χ3n) is 3.73. The second kappa shape index (κ2) is 7.85. The van der Waals surface area contributed by atoms with Gasteiger partial charge < -0.3 is 15.7 Å². The van der Waals surface area contributed by atoms with Crippen LogP contribution in [-0.4, -0.2) is 16.5 Å². The molecule has 0 saturated carbocycles. The van der Waals surface area contributed by atoms with Crippen LogP contribution in [0.15, 0.2) is 50.2 Å². The van der Waals surface area contributed by atoms with Crippen molar-refractivity contribution in [2.75, 3.05) is 5.32 Å². The number of phenolic OH excluding ortho intramolecular Hbond substituents is 1. The molecule has 1 amide bonds. The minimum atomic E-state index is -0.213. The minimum absolute atomic E-state index is 0.118. The molecule has 1 aliphatic rings. The van der Waals surface area contributed by atoms with Crippen molar-refractivity contribution in [3.05, 3.63) is 61.4 Å². The van der Waals surface area contributed by atoms with E-state index in [-0.39, 0.29) is 17.2 Å². The van der Waals surface area contributed by atoms with Crippen LogP contribution >= 0.6 is 43.6 Å². The van der Waals surface area contributed by atoms with Crippen LogP contribution in [-0.2, 0) is 11.2 Å². The highest BCUT2D eigenvalue weighted by atomic mass is 79.9. The average Bonchev–Trinajstić information content (AvgIpc) is 2.92. The number of hydrogen-bond donors (Lipinski definition) is 3. The number of nitrogens with one attached hydrogen (secondary N) is 2. The molecule has 130 valence electrons. The SMILES string of the molecule is CCc1ccc(N[C@@H]2NC(=O)/C(=C/c3cc(Br)c(O)c(Br)c3)S2)cc1. The van der Waals surface area contributed by atoms with Gasteiger partial charge >= 0.3 is 0 Å². The number of thioether (sulfide) groups is 1. The maximum Gasteiger partial charge on any atom is 0.260 e. The van der Waals surface area contributed by atoms with Crippen LogP contribution in [0.2, 0.25) is 0 Å². The van der Waals surface area contributed by atoms with Gasteiger partial charge in [0.25, 0.3) is 5.91 Å². The molecular weight excluding hydrogens is 468 g/mol. The lowest BCUT2D eigenvalue weighted by Crippen LogP contribution is -2.30. The van der Waals surface area contributed by atoms with E-state index in [1.807, 2.05) is 12.1 Å². The van der Waals surface area contributed by atoms with Crippen LogP contribution in [0.1, 0.15) is 18.1 Å². The van der Waals surface area contributed by atoms with Crippen LogP contribution < -0.4 is 10.6 Å². The summed E-state index contributed by atoms with van der Waals surface area (Å²) < 4.78 is 1.14. The molecule has 0 aromatic heterocycles. The molecule has 1 aliphatic heterocycles. The van der Waals surface area contributed by atoms with E-state index in [1.165, 1.54) is 17.3 Å². The Morgan fingerprint density at radius 3 is 2.48 bits per heavy atom. The monoisotopic (exact) mass is 482 g/mol. The first-order valence-corrected chi connectivity index (χ1v) is 10.2. The molecule has 1 saturated heterocycles. The highest BCUT2D eigenvalue weighted by molar-refractivity contribution is 9.11. The number of aromatic hydroxyl groups is 1. The number of benzene rings is 2. The number of rotatable bonds is 4. The van der Waals surface area contributed by atoms with Crippen molar-refractivity contribution >= 4 is 61.3 Å². The summed E-state index contributed by atoms with van der Waals surface area (Å²) in [4.78, 5) is 12.8. The predicted octanol–water partition coefficient (Wildman–Crippen LogP) is 5.08. The van der Waals surface area contributed by atoms with E-state index in [1.54, 1.807) is 18.2 Å². The van der Waals surface area contributed by atoms with Gasteiger partial charge in [-0.1, -0.05) is 30.8 Å². The third-order valence-corrected chi connectivity index (χ3v) is 5.97. The molecule has 2 aromatic carbocycles. The van der Waals surface area contributed by atoms with Gasteiger partial charge in [0.2, 0.25) is 0 Å². The fourth-order valence-corrected chi connectivity index (χ4v) is 4.58. The van der Waals surface area contributed by atoms with Crippen molar-refractivity contribution in [3.63, 3.8) is 0 Å². The summed E-state index contributed by atoms with van der Waals surface area (Å²) >= 11 is 8.03. The Morgan fingerprint density at radius 2 is 1.88 bits per heavy atom. The molecule has 2 aromatic rings. The molecule has 1 fully saturated rings. The zero-order valence-corrected chi connectivity index (χ0v) is 17.3. The minimum Gasteiger partial charge on any atom is -0.506 e. The number of carbonyl (C=O) groups is 1. The second-order valence-electron chi connectivity index (χ2n) is 5.51. The van der Waals surface area contributed by atoms with Crippen molar-refractivity contribution in [3.8, 4) is 5.75 Å². The van der Waals surface area contributed by atoms with Gasteiger partial charge in [0, 0.05) is 5.69 Å². The smallest absolute Gasteiger partial charge is 0.260 e. The summed E-state index contributed by atoms with van der Waals surface area (Å²) in [6.45, 7) is 2.12. The fourth-order valence-electron chi connectivity index (χ4n) is 2.37. The third kappa shape index (κ3) is 4.40. The van der Waals surface area contributed by atoms with Gasteiger partial charge in [-0.05, 0) is 79.7 Å². The molecule has 25 heavy (non-hydrogen) atoms. The summed E-state index contributed by atoms with van der Waals surface area (Å²) in [5.74, 6) is 0.0220. The molecular formula is C18H16Br2N2O2S. The molecule has 4 nitrogen and oxygen atoms in total. The number of hydrogen-bond acceptors (Lipinski definition) is 4. The summed E-state index contributed by atoms with van der Waals surface area (Å²) in [6, 6.07) is 11.7. The highest BCUT2D eigenvalue weighted by Gasteiger charge is 2.27. The highest BCUT2D eigenvalue weighted by Crippen LogP contribution is 2.36. The van der Waals surface area contributed by atoms with E-state index in [9.17, 15) is 9.90 Å². The Balaban J connectivity index is 1.73. The zero-order valence-electron chi connectivity index (χ0n) is 13.3. The molecule has 0 bridgehead atoms. The summed E-state index contributed by atoms with van der Waals surface area (Å²) in [5.41, 5.74) is 2.85. The van der Waals surface area contributed by atoms with Gasteiger partial charge in [-0.25, -0.2) is 0 Å². The second-order valence-corrected chi connectivity index (χ2v) is 8.36. The number of halogens is 2. The lowest BCUT2D eigenvalue weighted by atomic mass is 10.1. The van der Waals surface area contributed by atoms with E-state index in [4.69, 9.17) is 0 Å². The fraction of sp³-hybridized carbons (Fsp3) is 0.167. The quantitative estimate of drug-likeness (QED) is 0.530. The molecule has 1 atom stereocenters. The number of anilines is 1. The van der Waals surface area contributed by atoms with E-state index >= 15 is 0 Å². The van der Waals surface area contributed by atoms with Gasteiger partial charge in [-0.3, -0.25) is 4.79 Å². The van der Waals surface area contributed by atoms with Crippen molar-refractivity contribution in [1.29, 1.82) is 0 Å². The molecule has 3 rings (SSSR count). The molecule has 0 unspecified atom stereocenters. The Labute approximate surface area is 167 Å². The van der Waals surface area contributed by atoms with Crippen molar-refractivity contribution < 1.29 is 9.90 Å². The first kappa shape index (κ1) is 18.4. The molecule has 1 heterocycles. The molecule has 7 heteroatoms. The van der Waals surface area contributed by atoms with E-state index < -0.39 is 0 Å². The maximum atomic E-state index is 12.2. The van der Waals surface area contributed by atoms with Gasteiger partial charge in [-0.2, -0.15) is 0 Å². The summed E-state index contributed by atoms with van der Waals surface area (Å²) in [5, 5.41) is 16.0. The van der Waals surface area contributed by atoms with Crippen LogP contribution in [0.3, 0.4) is 0 Å². The predicted molar refractivity (Wildman–Crippen MR) is 110 cm³/mol. The molecule has 3 N–H and O–H groups in total. The van der Waals surface area contributed by atoms with E-state index in [0.717, 1.165) is 17.7 Å². The van der Waals surface area contributed by atoms with Crippen molar-refractivity contribution in [2.24, 2.45) is 0 Å². The van der Waals surface area contributed by atoms with Crippen LogP contribution in [0, 0.1) is 0 Å². The van der Waals surface area contributed by atoms with Gasteiger partial charge in [0.1, 0.15) is 5.75 Å². The van der Waals surface area contributed by atoms with Crippen molar-refractivity contribution in [2.45, 2.75) is 18.8 Å². The Hall–Kier alpha value is -1.44. The first-order chi connectivity index (χ1) is 12.0. The maximum absolute atomic E-state index is 12.2. The summed E-state index contributed by atoms with van der Waals surface area (Å²) in [6.07, 6.45) is 2.80. The zero-order chi connectivity index (χ0) is 18.0. The van der Waals surface area contributed by atoms with Gasteiger partial charge in [0.05, 0.1) is 13.9 Å². The lowest BCUT2D eigenvalue weighted by molar-refractivity contribution is -0.116. The standard InChI is InChI=1S/C18H16Br2N2O2S/c1-2-10-3-5-12(6-4-10)21-18-22-17(24)15(25-18)9-11-7-13(19)16(23)14(20)8-11/h3-9,18,21,23H,2H2,1H3,(H,22,24)/b15-9-/t18-/m1/s1. The molecule has 0 spiro atoms. The number of carbonyl (C=O) groups excluding carboxylic acids is 1. The van der Waals surface area contributed by atoms with Gasteiger partial charge in [0.15, 0.2) is 5.50 Å². The molecule has 0 aliphatic carbocycles. The van der Waals surface area contributed by atoms with E-state index in [2.05, 4.69) is 61.5 Å². The van der Waals surface area contributed by atoms with Crippen LogP contribution in [0.4, 0.5) is 5.69 Å². The number of aryl methyl sites for hydroxylation is 1. The topological polar surface area (TPSA) is 61.4 Å². The first-order valence-electron chi connectivity index (χ1n) is 7.69. The number of amides is 1. The Morgan fingerprint density at radius 1 is 1.24 bits per heavy atom. The average molecular weight is 484 g/mol. The van der Waals surface area contributed by atoms with Crippen molar-refractivity contribution in [1.82, 2.24) is 5.32 Å². The van der Waals surface area contributed by atoms with E-state index in [0.29, 0.717) is 13.9 Å². The van der Waals surface area contributed by atoms with Gasteiger partial charge in [-0.15, -0.1) is 0 Å². The Bertz CT molecular complexity index is 814. The lowest BCUT2D eigenvalue weighted by Gasteiger charge is -2.12. The van der Waals surface area contributed by atoms with Crippen LogP contribution in [0.25, 0.3) is 6.08 Å². The Kier molecular flexibility index (Phi) is 5.76. The molecule has 0 radical (unpaired) electrons. The number of phenols is 1.